The number of rotatable bonds is 9. The fourth-order valence-corrected chi connectivity index (χ4v) is 4.32. The molecule has 0 fully saturated rings. The second-order valence-electron chi connectivity index (χ2n) is 7.68. The Hall–Kier alpha value is -4.14. The topological polar surface area (TPSA) is 96.9 Å². The summed E-state index contributed by atoms with van der Waals surface area (Å²) < 4.78 is 33.2. The minimum atomic E-state index is -3.77. The maximum absolute atomic E-state index is 12.5. The Morgan fingerprint density at radius 2 is 1.53 bits per heavy atom. The van der Waals surface area contributed by atoms with Gasteiger partial charge in [-0.25, -0.2) is 13.8 Å². The maximum Gasteiger partial charge on any atom is 0.271 e. The molecule has 0 bridgehead atoms. The van der Waals surface area contributed by atoms with Crippen molar-refractivity contribution >= 4 is 39.4 Å². The van der Waals surface area contributed by atoms with Crippen molar-refractivity contribution < 1.29 is 17.9 Å². The number of hydrogen-bond acceptors (Lipinski definition) is 5. The number of sulfonamides is 1. The lowest BCUT2D eigenvalue weighted by Crippen LogP contribution is -2.18. The van der Waals surface area contributed by atoms with Gasteiger partial charge in [0.25, 0.3) is 15.9 Å². The summed E-state index contributed by atoms with van der Waals surface area (Å²) in [6, 6.07) is 29.0. The largest absolute Gasteiger partial charge is 0.489 e. The molecule has 0 radical (unpaired) electrons. The van der Waals surface area contributed by atoms with E-state index in [-0.39, 0.29) is 4.90 Å². The number of halogens is 1. The molecule has 182 valence electrons. The SMILES string of the molecule is O=C(N/N=C/c1ccc(OCc2ccccc2)cc1)c1ccc(NS(=O)(=O)c2ccc(Cl)cc2)cc1. The van der Waals surface area contributed by atoms with Crippen LogP contribution in [0.25, 0.3) is 0 Å². The highest BCUT2D eigenvalue weighted by Crippen LogP contribution is 2.19. The van der Waals surface area contributed by atoms with Crippen LogP contribution in [0, 0.1) is 0 Å². The van der Waals surface area contributed by atoms with Crippen molar-refractivity contribution in [1.29, 1.82) is 0 Å². The Morgan fingerprint density at radius 3 is 2.19 bits per heavy atom. The number of anilines is 1. The van der Waals surface area contributed by atoms with Crippen molar-refractivity contribution in [3.8, 4) is 5.75 Å². The summed E-state index contributed by atoms with van der Waals surface area (Å²) in [6.45, 7) is 0.478. The van der Waals surface area contributed by atoms with E-state index in [9.17, 15) is 13.2 Å². The summed E-state index contributed by atoms with van der Waals surface area (Å²) >= 11 is 5.81. The smallest absolute Gasteiger partial charge is 0.271 e. The Labute approximate surface area is 214 Å². The first kappa shape index (κ1) is 25.0. The zero-order valence-electron chi connectivity index (χ0n) is 19.0. The van der Waals surface area contributed by atoms with Crippen LogP contribution < -0.4 is 14.9 Å². The van der Waals surface area contributed by atoms with Gasteiger partial charge in [-0.2, -0.15) is 5.10 Å². The number of hydrazone groups is 1. The van der Waals surface area contributed by atoms with Crippen LogP contribution >= 0.6 is 11.6 Å². The fourth-order valence-electron chi connectivity index (χ4n) is 3.14. The number of amides is 1. The highest BCUT2D eigenvalue weighted by Gasteiger charge is 2.14. The summed E-state index contributed by atoms with van der Waals surface area (Å²) in [5, 5.41) is 4.42. The van der Waals surface area contributed by atoms with Gasteiger partial charge in [-0.05, 0) is 83.9 Å². The minimum Gasteiger partial charge on any atom is -0.489 e. The molecular formula is C27H22ClN3O4S. The Morgan fingerprint density at radius 1 is 0.861 bits per heavy atom. The van der Waals surface area contributed by atoms with Gasteiger partial charge in [-0.15, -0.1) is 0 Å². The van der Waals surface area contributed by atoms with Crippen molar-refractivity contribution in [2.75, 3.05) is 4.72 Å². The van der Waals surface area contributed by atoms with Gasteiger partial charge in [-0.3, -0.25) is 9.52 Å². The normalized spacial score (nSPS) is 11.2. The molecule has 9 heteroatoms. The Balaban J connectivity index is 1.28. The molecule has 36 heavy (non-hydrogen) atoms. The van der Waals surface area contributed by atoms with E-state index in [1.165, 1.54) is 54.7 Å². The molecule has 0 aliphatic rings. The Kier molecular flexibility index (Phi) is 7.99. The van der Waals surface area contributed by atoms with Crippen molar-refractivity contribution in [3.05, 3.63) is 125 Å². The monoisotopic (exact) mass is 519 g/mol. The van der Waals surface area contributed by atoms with Crippen LogP contribution in [-0.4, -0.2) is 20.5 Å². The molecule has 0 aliphatic heterocycles. The molecule has 2 N–H and O–H groups in total. The van der Waals surface area contributed by atoms with E-state index in [1.807, 2.05) is 54.6 Å². The van der Waals surface area contributed by atoms with Gasteiger partial charge in [0.05, 0.1) is 11.1 Å². The van der Waals surface area contributed by atoms with Crippen LogP contribution in [0.3, 0.4) is 0 Å². The third-order valence-corrected chi connectivity index (χ3v) is 6.68. The van der Waals surface area contributed by atoms with E-state index < -0.39 is 15.9 Å². The molecule has 0 unspecified atom stereocenters. The highest BCUT2D eigenvalue weighted by atomic mass is 35.5. The van der Waals surface area contributed by atoms with Crippen molar-refractivity contribution in [1.82, 2.24) is 5.43 Å². The molecular weight excluding hydrogens is 498 g/mol. The van der Waals surface area contributed by atoms with E-state index in [4.69, 9.17) is 16.3 Å². The van der Waals surface area contributed by atoms with Crippen molar-refractivity contribution in [2.24, 2.45) is 5.10 Å². The Bertz CT molecular complexity index is 1440. The van der Waals surface area contributed by atoms with Gasteiger partial charge in [-0.1, -0.05) is 41.9 Å². The third kappa shape index (κ3) is 6.94. The van der Waals surface area contributed by atoms with Crippen LogP contribution in [0.15, 0.2) is 113 Å². The summed E-state index contributed by atoms with van der Waals surface area (Å²) in [5.41, 5.74) is 4.97. The first-order valence-corrected chi connectivity index (χ1v) is 12.7. The number of nitrogens with one attached hydrogen (secondary N) is 2. The van der Waals surface area contributed by atoms with Gasteiger partial charge in [0.1, 0.15) is 12.4 Å². The minimum absolute atomic E-state index is 0.0823. The average Bonchev–Trinajstić information content (AvgIpc) is 2.89. The zero-order valence-corrected chi connectivity index (χ0v) is 20.5. The molecule has 4 aromatic rings. The molecule has 0 atom stereocenters. The number of carbonyl (C=O) groups excluding carboxylic acids is 1. The number of nitrogens with zero attached hydrogens (tertiary/aromatic N) is 1. The maximum atomic E-state index is 12.5. The van der Waals surface area contributed by atoms with Gasteiger partial charge < -0.3 is 4.74 Å². The lowest BCUT2D eigenvalue weighted by molar-refractivity contribution is 0.0955. The molecule has 0 aromatic heterocycles. The van der Waals surface area contributed by atoms with E-state index in [1.54, 1.807) is 0 Å². The molecule has 0 heterocycles. The molecule has 0 aliphatic carbocycles. The van der Waals surface area contributed by atoms with Gasteiger partial charge in [0, 0.05) is 16.3 Å². The fraction of sp³-hybridized carbons (Fsp3) is 0.0370. The first-order valence-electron chi connectivity index (χ1n) is 10.9. The van der Waals surface area contributed by atoms with Crippen LogP contribution in [0.4, 0.5) is 5.69 Å². The quantitative estimate of drug-likeness (QED) is 0.226. The molecule has 0 spiro atoms. The molecule has 4 rings (SSSR count). The lowest BCUT2D eigenvalue weighted by Gasteiger charge is -2.09. The number of benzene rings is 4. The standard InChI is InChI=1S/C27H22ClN3O4S/c28-23-10-16-26(17-11-23)36(33,34)31-24-12-8-22(9-13-24)27(32)30-29-18-20-6-14-25(15-7-20)35-19-21-4-2-1-3-5-21/h1-18,31H,19H2,(H,30,32)/b29-18+. The molecule has 1 amide bonds. The number of hydrogen-bond donors (Lipinski definition) is 2. The van der Waals surface area contributed by atoms with Gasteiger partial charge in [0.15, 0.2) is 0 Å². The zero-order chi connectivity index (χ0) is 25.4. The van der Waals surface area contributed by atoms with E-state index in [0.29, 0.717) is 22.9 Å². The van der Waals surface area contributed by atoms with Crippen LogP contribution in [-0.2, 0) is 16.6 Å². The summed E-state index contributed by atoms with van der Waals surface area (Å²) in [5.74, 6) is 0.299. The van der Waals surface area contributed by atoms with Crippen molar-refractivity contribution in [2.45, 2.75) is 11.5 Å². The predicted molar refractivity (Wildman–Crippen MR) is 141 cm³/mol. The lowest BCUT2D eigenvalue weighted by atomic mass is 10.2. The van der Waals surface area contributed by atoms with Crippen LogP contribution in [0.5, 0.6) is 5.75 Å². The highest BCUT2D eigenvalue weighted by molar-refractivity contribution is 7.92. The van der Waals surface area contributed by atoms with Gasteiger partial charge >= 0.3 is 0 Å². The van der Waals surface area contributed by atoms with E-state index >= 15 is 0 Å². The van der Waals surface area contributed by atoms with E-state index in [0.717, 1.165) is 16.9 Å². The van der Waals surface area contributed by atoms with Gasteiger partial charge in [0.2, 0.25) is 0 Å². The van der Waals surface area contributed by atoms with Crippen LogP contribution in [0.2, 0.25) is 5.02 Å². The van der Waals surface area contributed by atoms with Crippen LogP contribution in [0.1, 0.15) is 21.5 Å². The molecule has 4 aromatic carbocycles. The number of carbonyl (C=O) groups is 1. The molecule has 0 saturated carbocycles. The molecule has 7 nitrogen and oxygen atoms in total. The second kappa shape index (κ2) is 11.5. The average molecular weight is 520 g/mol. The summed E-state index contributed by atoms with van der Waals surface area (Å²) in [6.07, 6.45) is 1.52. The number of ether oxygens (including phenoxy) is 1. The molecule has 0 saturated heterocycles. The van der Waals surface area contributed by atoms with E-state index in [2.05, 4.69) is 15.2 Å². The second-order valence-corrected chi connectivity index (χ2v) is 9.80. The first-order chi connectivity index (χ1) is 17.4. The third-order valence-electron chi connectivity index (χ3n) is 5.03. The summed E-state index contributed by atoms with van der Waals surface area (Å²) in [4.78, 5) is 12.4. The predicted octanol–water partition coefficient (Wildman–Crippen LogP) is 5.48. The van der Waals surface area contributed by atoms with Crippen molar-refractivity contribution in [3.63, 3.8) is 0 Å². The summed E-state index contributed by atoms with van der Waals surface area (Å²) in [7, 11) is -3.77.